The van der Waals surface area contributed by atoms with Crippen LogP contribution in [0.3, 0.4) is 0 Å². The Morgan fingerprint density at radius 3 is 2.27 bits per heavy atom. The highest BCUT2D eigenvalue weighted by Crippen LogP contribution is 2.37. The lowest BCUT2D eigenvalue weighted by Gasteiger charge is -2.47. The monoisotopic (exact) mass is 213 g/mol. The van der Waals surface area contributed by atoms with Gasteiger partial charge in [-0.1, -0.05) is 13.8 Å². The number of aliphatic carboxylic acids is 1. The van der Waals surface area contributed by atoms with Gasteiger partial charge in [0.2, 0.25) is 0 Å². The third kappa shape index (κ3) is 2.71. The molecular weight excluding hydrogens is 190 g/mol. The summed E-state index contributed by atoms with van der Waals surface area (Å²) in [4.78, 5) is 13.5. The fourth-order valence-electron chi connectivity index (χ4n) is 2.39. The number of hydrogen-bond donors (Lipinski definition) is 1. The van der Waals surface area contributed by atoms with E-state index in [9.17, 15) is 4.79 Å². The first-order valence-corrected chi connectivity index (χ1v) is 5.62. The Labute approximate surface area is 92.5 Å². The molecule has 1 aliphatic rings. The van der Waals surface area contributed by atoms with E-state index in [1.165, 1.54) is 0 Å². The summed E-state index contributed by atoms with van der Waals surface area (Å²) in [6, 6.07) is 0. The zero-order valence-electron chi connectivity index (χ0n) is 10.5. The van der Waals surface area contributed by atoms with Crippen molar-refractivity contribution in [3.63, 3.8) is 0 Å². The molecule has 0 aromatic rings. The van der Waals surface area contributed by atoms with Crippen LogP contribution in [0.4, 0.5) is 0 Å². The van der Waals surface area contributed by atoms with Gasteiger partial charge in [-0.15, -0.1) is 0 Å². The number of rotatable bonds is 1. The molecule has 1 heterocycles. The zero-order chi connectivity index (χ0) is 11.9. The van der Waals surface area contributed by atoms with Crippen molar-refractivity contribution in [2.24, 2.45) is 11.3 Å². The normalized spacial score (nSPS) is 27.7. The number of piperidine rings is 1. The molecule has 0 saturated carbocycles. The molecule has 1 saturated heterocycles. The van der Waals surface area contributed by atoms with Gasteiger partial charge in [-0.05, 0) is 39.2 Å². The number of carboxylic acid groups (broad SMARTS) is 1. The maximum atomic E-state index is 11.1. The molecule has 3 nitrogen and oxygen atoms in total. The van der Waals surface area contributed by atoms with Gasteiger partial charge in [0, 0.05) is 12.1 Å². The molecular formula is C12H23NO2. The Balaban J connectivity index is 2.77. The van der Waals surface area contributed by atoms with Crippen LogP contribution in [0.2, 0.25) is 0 Å². The Kier molecular flexibility index (Phi) is 3.15. The highest BCUT2D eigenvalue weighted by molar-refractivity contribution is 5.71. The largest absolute Gasteiger partial charge is 0.481 e. The molecule has 1 rings (SSSR count). The van der Waals surface area contributed by atoms with Gasteiger partial charge in [-0.2, -0.15) is 0 Å². The molecule has 0 amide bonds. The number of carbonyl (C=O) groups is 1. The molecule has 0 aliphatic carbocycles. The average Bonchev–Trinajstić information content (AvgIpc) is 1.99. The van der Waals surface area contributed by atoms with Crippen LogP contribution in [0.1, 0.15) is 41.0 Å². The van der Waals surface area contributed by atoms with Crippen molar-refractivity contribution in [1.29, 1.82) is 0 Å². The first kappa shape index (κ1) is 12.5. The van der Waals surface area contributed by atoms with Crippen LogP contribution in [-0.2, 0) is 4.79 Å². The predicted molar refractivity (Wildman–Crippen MR) is 60.8 cm³/mol. The average molecular weight is 213 g/mol. The lowest BCUT2D eigenvalue weighted by Crippen LogP contribution is -2.54. The molecule has 1 unspecified atom stereocenters. The fourth-order valence-corrected chi connectivity index (χ4v) is 2.39. The van der Waals surface area contributed by atoms with Gasteiger partial charge in [0.25, 0.3) is 0 Å². The lowest BCUT2D eigenvalue weighted by molar-refractivity contribution is -0.150. The van der Waals surface area contributed by atoms with Crippen LogP contribution in [0.25, 0.3) is 0 Å². The van der Waals surface area contributed by atoms with Crippen LogP contribution in [0.5, 0.6) is 0 Å². The van der Waals surface area contributed by atoms with Crippen LogP contribution >= 0.6 is 0 Å². The molecule has 15 heavy (non-hydrogen) atoms. The van der Waals surface area contributed by atoms with Gasteiger partial charge < -0.3 is 5.11 Å². The summed E-state index contributed by atoms with van der Waals surface area (Å²) < 4.78 is 0. The van der Waals surface area contributed by atoms with Crippen molar-refractivity contribution in [1.82, 2.24) is 4.90 Å². The third-order valence-corrected chi connectivity index (χ3v) is 3.48. The first-order valence-electron chi connectivity index (χ1n) is 5.62. The zero-order valence-corrected chi connectivity index (χ0v) is 10.5. The second-order valence-electron chi connectivity index (χ2n) is 6.26. The summed E-state index contributed by atoms with van der Waals surface area (Å²) in [5.41, 5.74) is 0.0120. The van der Waals surface area contributed by atoms with Crippen LogP contribution < -0.4 is 0 Å². The van der Waals surface area contributed by atoms with Gasteiger partial charge in [0.05, 0.1) is 5.92 Å². The minimum atomic E-state index is -0.645. The maximum absolute atomic E-state index is 11.1. The van der Waals surface area contributed by atoms with E-state index in [0.29, 0.717) is 0 Å². The highest BCUT2D eigenvalue weighted by atomic mass is 16.4. The Bertz CT molecular complexity index is 253. The minimum Gasteiger partial charge on any atom is -0.481 e. The summed E-state index contributed by atoms with van der Waals surface area (Å²) in [5.74, 6) is -0.843. The Morgan fingerprint density at radius 1 is 1.40 bits per heavy atom. The second-order valence-corrected chi connectivity index (χ2v) is 6.26. The Morgan fingerprint density at radius 2 is 1.93 bits per heavy atom. The molecule has 1 fully saturated rings. The predicted octanol–water partition coefficient (Wildman–Crippen LogP) is 2.22. The molecule has 0 spiro atoms. The molecule has 3 heteroatoms. The third-order valence-electron chi connectivity index (χ3n) is 3.48. The van der Waals surface area contributed by atoms with E-state index in [1.54, 1.807) is 0 Å². The van der Waals surface area contributed by atoms with Gasteiger partial charge in [0.15, 0.2) is 0 Å². The van der Waals surface area contributed by atoms with Crippen LogP contribution in [0, 0.1) is 11.3 Å². The lowest BCUT2D eigenvalue weighted by atomic mass is 9.73. The summed E-state index contributed by atoms with van der Waals surface area (Å²) in [7, 11) is 0. The second kappa shape index (κ2) is 3.78. The van der Waals surface area contributed by atoms with Crippen molar-refractivity contribution in [2.75, 3.05) is 13.1 Å². The minimum absolute atomic E-state index is 0.128. The molecule has 0 radical (unpaired) electrons. The molecule has 0 bridgehead atoms. The van der Waals surface area contributed by atoms with E-state index in [2.05, 4.69) is 39.5 Å². The molecule has 1 atom stereocenters. The SMILES string of the molecule is CC1(C)CN(C(C)(C)C)CCC1C(=O)O. The fraction of sp³-hybridized carbons (Fsp3) is 0.917. The molecule has 1 aliphatic heterocycles. The van der Waals surface area contributed by atoms with Gasteiger partial charge in [-0.3, -0.25) is 9.69 Å². The maximum Gasteiger partial charge on any atom is 0.307 e. The summed E-state index contributed by atoms with van der Waals surface area (Å²) in [6.07, 6.45) is 0.763. The summed E-state index contributed by atoms with van der Waals surface area (Å²) in [6.45, 7) is 12.4. The standard InChI is InChI=1S/C12H23NO2/c1-11(2,3)13-7-6-9(10(14)15)12(4,5)8-13/h9H,6-8H2,1-5H3,(H,14,15). The van der Waals surface area contributed by atoms with E-state index in [1.807, 2.05) is 0 Å². The van der Waals surface area contributed by atoms with Crippen LogP contribution in [-0.4, -0.2) is 34.6 Å². The summed E-state index contributed by atoms with van der Waals surface area (Å²) in [5, 5.41) is 9.14. The van der Waals surface area contributed by atoms with E-state index in [0.717, 1.165) is 19.5 Å². The molecule has 1 N–H and O–H groups in total. The first-order chi connectivity index (χ1) is 6.64. The number of carboxylic acids is 1. The quantitative estimate of drug-likeness (QED) is 0.726. The number of nitrogens with zero attached hydrogens (tertiary/aromatic N) is 1. The van der Waals surface area contributed by atoms with Gasteiger partial charge in [0.1, 0.15) is 0 Å². The molecule has 0 aromatic carbocycles. The van der Waals surface area contributed by atoms with Crippen molar-refractivity contribution >= 4 is 5.97 Å². The smallest absolute Gasteiger partial charge is 0.307 e. The molecule has 88 valence electrons. The van der Waals surface area contributed by atoms with Crippen molar-refractivity contribution < 1.29 is 9.90 Å². The van der Waals surface area contributed by atoms with Crippen LogP contribution in [0.15, 0.2) is 0 Å². The van der Waals surface area contributed by atoms with E-state index >= 15 is 0 Å². The Hall–Kier alpha value is -0.570. The van der Waals surface area contributed by atoms with Gasteiger partial charge >= 0.3 is 5.97 Å². The number of likely N-dealkylation sites (tertiary alicyclic amines) is 1. The van der Waals surface area contributed by atoms with Crippen molar-refractivity contribution in [2.45, 2.75) is 46.6 Å². The van der Waals surface area contributed by atoms with E-state index in [4.69, 9.17) is 5.11 Å². The van der Waals surface area contributed by atoms with E-state index < -0.39 is 5.97 Å². The van der Waals surface area contributed by atoms with E-state index in [-0.39, 0.29) is 16.9 Å². The summed E-state index contributed by atoms with van der Waals surface area (Å²) >= 11 is 0. The van der Waals surface area contributed by atoms with Crippen molar-refractivity contribution in [3.05, 3.63) is 0 Å². The topological polar surface area (TPSA) is 40.5 Å². The van der Waals surface area contributed by atoms with Gasteiger partial charge in [-0.25, -0.2) is 0 Å². The number of hydrogen-bond acceptors (Lipinski definition) is 2. The molecule has 0 aromatic heterocycles. The highest BCUT2D eigenvalue weighted by Gasteiger charge is 2.42. The van der Waals surface area contributed by atoms with Crippen molar-refractivity contribution in [3.8, 4) is 0 Å².